The monoisotopic (exact) mass is 302 g/mol. The Morgan fingerprint density at radius 1 is 1.14 bits per heavy atom. The molecule has 0 spiro atoms. The molecule has 4 nitrogen and oxygen atoms in total. The summed E-state index contributed by atoms with van der Waals surface area (Å²) in [6.45, 7) is 0.634. The van der Waals surface area contributed by atoms with Gasteiger partial charge in [-0.25, -0.2) is 4.79 Å². The van der Waals surface area contributed by atoms with Crippen LogP contribution in [0.5, 0.6) is 5.75 Å². The highest BCUT2D eigenvalue weighted by atomic mass is 16.5. The fourth-order valence-electron chi connectivity index (χ4n) is 5.50. The standard InChI is InChI=1S/C18H22O4/c19-16(20)14-1-3-15(4-2-14)22-11-17-6-12-5-13(7-17)9-18(21,8-12)10-17/h1-4,12-13,21H,5-11H2,(H,19,20). The average Bonchev–Trinajstić information content (AvgIpc) is 2.43. The molecule has 2 unspecified atom stereocenters. The van der Waals surface area contributed by atoms with Crippen LogP contribution in [0.4, 0.5) is 0 Å². The summed E-state index contributed by atoms with van der Waals surface area (Å²) >= 11 is 0. The molecule has 0 amide bonds. The summed E-state index contributed by atoms with van der Waals surface area (Å²) in [6, 6.07) is 6.59. The van der Waals surface area contributed by atoms with E-state index in [-0.39, 0.29) is 11.0 Å². The average molecular weight is 302 g/mol. The predicted molar refractivity (Wildman–Crippen MR) is 81.0 cm³/mol. The van der Waals surface area contributed by atoms with Gasteiger partial charge in [-0.05, 0) is 74.6 Å². The molecule has 0 aromatic heterocycles. The molecule has 0 radical (unpaired) electrons. The molecule has 4 heteroatoms. The molecule has 4 saturated carbocycles. The van der Waals surface area contributed by atoms with Gasteiger partial charge in [-0.1, -0.05) is 0 Å². The first-order chi connectivity index (χ1) is 10.5. The summed E-state index contributed by atoms with van der Waals surface area (Å²) in [5.41, 5.74) is -0.0678. The molecule has 1 aromatic carbocycles. The van der Waals surface area contributed by atoms with E-state index in [1.54, 1.807) is 24.3 Å². The van der Waals surface area contributed by atoms with Crippen LogP contribution in [0, 0.1) is 17.3 Å². The molecular weight excluding hydrogens is 280 g/mol. The van der Waals surface area contributed by atoms with Crippen molar-refractivity contribution < 1.29 is 19.7 Å². The SMILES string of the molecule is O=C(O)c1ccc(OCC23CC4CC(CC(O)(C4)C2)C3)cc1. The van der Waals surface area contributed by atoms with Gasteiger partial charge < -0.3 is 14.9 Å². The van der Waals surface area contributed by atoms with Crippen LogP contribution < -0.4 is 4.74 Å². The van der Waals surface area contributed by atoms with Gasteiger partial charge in [0.25, 0.3) is 0 Å². The molecule has 0 aliphatic heterocycles. The number of carboxylic acids is 1. The van der Waals surface area contributed by atoms with Crippen molar-refractivity contribution in [1.29, 1.82) is 0 Å². The summed E-state index contributed by atoms with van der Waals surface area (Å²) in [7, 11) is 0. The summed E-state index contributed by atoms with van der Waals surface area (Å²) in [4.78, 5) is 10.9. The van der Waals surface area contributed by atoms with Crippen molar-refractivity contribution in [3.63, 3.8) is 0 Å². The summed E-state index contributed by atoms with van der Waals surface area (Å²) in [6.07, 6.45) is 6.41. The lowest BCUT2D eigenvalue weighted by atomic mass is 9.48. The smallest absolute Gasteiger partial charge is 0.335 e. The maximum Gasteiger partial charge on any atom is 0.335 e. The second kappa shape index (κ2) is 4.72. The van der Waals surface area contributed by atoms with Gasteiger partial charge in [0.05, 0.1) is 17.8 Å². The molecule has 4 aliphatic carbocycles. The predicted octanol–water partition coefficient (Wildman–Crippen LogP) is 3.09. The van der Waals surface area contributed by atoms with Crippen molar-refractivity contribution in [1.82, 2.24) is 0 Å². The van der Waals surface area contributed by atoms with E-state index < -0.39 is 11.6 Å². The van der Waals surface area contributed by atoms with E-state index >= 15 is 0 Å². The van der Waals surface area contributed by atoms with Crippen LogP contribution in [0.2, 0.25) is 0 Å². The minimum absolute atomic E-state index is 0.115. The van der Waals surface area contributed by atoms with Crippen LogP contribution in [0.1, 0.15) is 48.9 Å². The van der Waals surface area contributed by atoms with Crippen LogP contribution >= 0.6 is 0 Å². The zero-order valence-corrected chi connectivity index (χ0v) is 12.6. The maximum atomic E-state index is 10.9. The summed E-state index contributed by atoms with van der Waals surface area (Å²) < 4.78 is 5.97. The van der Waals surface area contributed by atoms with Crippen LogP contribution in [-0.2, 0) is 0 Å². The van der Waals surface area contributed by atoms with Crippen molar-refractivity contribution >= 4 is 5.97 Å². The second-order valence-corrected chi connectivity index (χ2v) is 7.80. The lowest BCUT2D eigenvalue weighted by molar-refractivity contribution is -0.172. The Morgan fingerprint density at radius 2 is 1.77 bits per heavy atom. The number of benzene rings is 1. The van der Waals surface area contributed by atoms with E-state index in [9.17, 15) is 9.90 Å². The maximum absolute atomic E-state index is 10.9. The first-order valence-electron chi connectivity index (χ1n) is 8.14. The first kappa shape index (κ1) is 14.1. The van der Waals surface area contributed by atoms with E-state index in [0.29, 0.717) is 24.2 Å². The van der Waals surface area contributed by atoms with Crippen molar-refractivity contribution in [2.75, 3.05) is 6.61 Å². The van der Waals surface area contributed by atoms with Gasteiger partial charge in [0.2, 0.25) is 0 Å². The third-order valence-electron chi connectivity index (χ3n) is 5.80. The second-order valence-electron chi connectivity index (χ2n) is 7.80. The van der Waals surface area contributed by atoms with Crippen LogP contribution in [-0.4, -0.2) is 28.4 Å². The molecule has 4 bridgehead atoms. The molecule has 2 atom stereocenters. The number of ether oxygens (including phenoxy) is 1. The van der Waals surface area contributed by atoms with E-state index in [2.05, 4.69) is 0 Å². The highest BCUT2D eigenvalue weighted by Gasteiger charge is 2.57. The van der Waals surface area contributed by atoms with Gasteiger partial charge in [-0.15, -0.1) is 0 Å². The van der Waals surface area contributed by atoms with Gasteiger partial charge in [-0.3, -0.25) is 0 Å². The van der Waals surface area contributed by atoms with Gasteiger partial charge >= 0.3 is 5.97 Å². The fraction of sp³-hybridized carbons (Fsp3) is 0.611. The van der Waals surface area contributed by atoms with Crippen molar-refractivity contribution in [3.05, 3.63) is 29.8 Å². The van der Waals surface area contributed by atoms with E-state index in [4.69, 9.17) is 9.84 Å². The lowest BCUT2D eigenvalue weighted by Gasteiger charge is -2.60. The number of hydrogen-bond donors (Lipinski definition) is 2. The third kappa shape index (κ3) is 2.39. The zero-order valence-electron chi connectivity index (χ0n) is 12.6. The van der Waals surface area contributed by atoms with Crippen molar-refractivity contribution in [2.24, 2.45) is 17.3 Å². The number of carbonyl (C=O) groups is 1. The number of hydrogen-bond acceptors (Lipinski definition) is 3. The molecule has 22 heavy (non-hydrogen) atoms. The van der Waals surface area contributed by atoms with Gasteiger partial charge in [0.1, 0.15) is 5.75 Å². The van der Waals surface area contributed by atoms with E-state index in [1.807, 2.05) is 0 Å². The lowest BCUT2D eigenvalue weighted by Crippen LogP contribution is -2.57. The first-order valence-corrected chi connectivity index (χ1v) is 8.14. The Kier molecular flexibility index (Phi) is 3.02. The quantitative estimate of drug-likeness (QED) is 0.897. The third-order valence-corrected chi connectivity index (χ3v) is 5.80. The zero-order chi connectivity index (χ0) is 15.4. The Hall–Kier alpha value is -1.55. The van der Waals surface area contributed by atoms with E-state index in [1.165, 1.54) is 19.3 Å². The molecule has 4 fully saturated rings. The number of carboxylic acid groups (broad SMARTS) is 1. The molecule has 4 aliphatic rings. The van der Waals surface area contributed by atoms with Crippen molar-refractivity contribution in [2.45, 2.75) is 44.1 Å². The van der Waals surface area contributed by atoms with Gasteiger partial charge in [0.15, 0.2) is 0 Å². The Bertz CT molecular complexity index is 578. The molecule has 118 valence electrons. The Labute approximate surface area is 130 Å². The molecule has 5 rings (SSSR count). The fourth-order valence-corrected chi connectivity index (χ4v) is 5.50. The van der Waals surface area contributed by atoms with Crippen LogP contribution in [0.25, 0.3) is 0 Å². The minimum Gasteiger partial charge on any atom is -0.493 e. The topological polar surface area (TPSA) is 66.8 Å². The molecule has 1 aromatic rings. The largest absolute Gasteiger partial charge is 0.493 e. The van der Waals surface area contributed by atoms with Crippen LogP contribution in [0.15, 0.2) is 24.3 Å². The highest BCUT2D eigenvalue weighted by molar-refractivity contribution is 5.87. The molecule has 0 saturated heterocycles. The molecular formula is C18H22O4. The number of aromatic carboxylic acids is 1. The molecule has 0 heterocycles. The summed E-state index contributed by atoms with van der Waals surface area (Å²) in [5.74, 6) is 1.11. The van der Waals surface area contributed by atoms with Gasteiger partial charge in [-0.2, -0.15) is 0 Å². The van der Waals surface area contributed by atoms with Gasteiger partial charge in [0, 0.05) is 5.41 Å². The molecule has 2 N–H and O–H groups in total. The Morgan fingerprint density at radius 3 is 2.32 bits per heavy atom. The normalized spacial score (nSPS) is 39.0. The number of aliphatic hydroxyl groups is 1. The minimum atomic E-state index is -0.921. The Balaban J connectivity index is 1.46. The van der Waals surface area contributed by atoms with Crippen LogP contribution in [0.3, 0.4) is 0 Å². The highest BCUT2D eigenvalue weighted by Crippen LogP contribution is 2.61. The van der Waals surface area contributed by atoms with Crippen molar-refractivity contribution in [3.8, 4) is 5.75 Å². The summed E-state index contributed by atoms with van der Waals surface area (Å²) in [5, 5.41) is 19.7. The number of rotatable bonds is 4. The van der Waals surface area contributed by atoms with E-state index in [0.717, 1.165) is 19.3 Å².